The summed E-state index contributed by atoms with van der Waals surface area (Å²) in [6.07, 6.45) is 1.42. The van der Waals surface area contributed by atoms with Gasteiger partial charge in [-0.1, -0.05) is 18.2 Å². The summed E-state index contributed by atoms with van der Waals surface area (Å²) in [6, 6.07) is 7.01. The Morgan fingerprint density at radius 2 is 1.94 bits per heavy atom. The number of benzene rings is 1. The average molecular weight is 245 g/mol. The molecule has 2 aromatic rings. The maximum absolute atomic E-state index is 11.8. The van der Waals surface area contributed by atoms with Gasteiger partial charge in [-0.25, -0.2) is 0 Å². The maximum Gasteiger partial charge on any atom is 0.292 e. The Labute approximate surface area is 102 Å². The number of carboxylic acids is 1. The number of ketones is 1. The van der Waals surface area contributed by atoms with E-state index in [4.69, 9.17) is 0 Å². The number of hydrogen-bond acceptors (Lipinski definition) is 4. The first-order valence-corrected chi connectivity index (χ1v) is 5.18. The lowest BCUT2D eigenvalue weighted by atomic mass is 10.1. The number of para-hydroxylation sites is 1. The molecule has 2 rings (SSSR count). The Morgan fingerprint density at radius 3 is 2.67 bits per heavy atom. The molecule has 6 heteroatoms. The van der Waals surface area contributed by atoms with Crippen molar-refractivity contribution in [3.8, 4) is 0 Å². The second-order valence-electron chi connectivity index (χ2n) is 3.63. The minimum absolute atomic E-state index is 0.210. The van der Waals surface area contributed by atoms with E-state index in [2.05, 4.69) is 4.98 Å². The fourth-order valence-electron chi connectivity index (χ4n) is 1.61. The topological polar surface area (TPSA) is 102 Å². The Balaban J connectivity index is 2.23. The second-order valence-corrected chi connectivity index (χ2v) is 3.63. The van der Waals surface area contributed by atoms with Gasteiger partial charge in [0.05, 0.1) is 18.1 Å². The van der Waals surface area contributed by atoms with E-state index in [0.29, 0.717) is 5.39 Å². The molecule has 1 amide bonds. The summed E-state index contributed by atoms with van der Waals surface area (Å²) < 4.78 is 0. The number of amides is 1. The van der Waals surface area contributed by atoms with Crippen LogP contribution in [-0.4, -0.2) is 29.2 Å². The number of carbonyl (C=O) groups is 3. The van der Waals surface area contributed by atoms with E-state index in [9.17, 15) is 19.5 Å². The molecule has 92 valence electrons. The van der Waals surface area contributed by atoms with Crippen LogP contribution in [0.2, 0.25) is 0 Å². The molecule has 6 nitrogen and oxygen atoms in total. The number of fused-ring (bicyclic) bond motifs is 1. The standard InChI is InChI=1S/C12H10N2O4/c15-10(16)6-14-12(18)11(17)8-5-13-9-4-2-1-3-7(8)9/h1-5,13H,6H2,(H,14,18)(H,15,16)/p-1. The molecule has 0 bridgehead atoms. The Morgan fingerprint density at radius 1 is 1.22 bits per heavy atom. The van der Waals surface area contributed by atoms with Crippen LogP contribution >= 0.6 is 0 Å². The third-order valence-corrected chi connectivity index (χ3v) is 2.43. The summed E-state index contributed by atoms with van der Waals surface area (Å²) in [5.74, 6) is -3.20. The third-order valence-electron chi connectivity index (χ3n) is 2.43. The zero-order chi connectivity index (χ0) is 13.1. The lowest BCUT2D eigenvalue weighted by molar-refractivity contribution is -0.303. The number of nitrogens with one attached hydrogen (secondary N) is 2. The third kappa shape index (κ3) is 2.22. The highest BCUT2D eigenvalue weighted by Gasteiger charge is 2.19. The molecule has 0 radical (unpaired) electrons. The molecule has 0 aliphatic rings. The second kappa shape index (κ2) is 4.70. The highest BCUT2D eigenvalue weighted by atomic mass is 16.4. The predicted molar refractivity (Wildman–Crippen MR) is 60.6 cm³/mol. The van der Waals surface area contributed by atoms with E-state index < -0.39 is 24.2 Å². The summed E-state index contributed by atoms with van der Waals surface area (Å²) in [6.45, 7) is -0.688. The van der Waals surface area contributed by atoms with Crippen molar-refractivity contribution in [1.29, 1.82) is 0 Å². The van der Waals surface area contributed by atoms with Crippen molar-refractivity contribution in [2.45, 2.75) is 0 Å². The number of rotatable bonds is 4. The van der Waals surface area contributed by atoms with E-state index >= 15 is 0 Å². The van der Waals surface area contributed by atoms with Gasteiger partial charge in [0.2, 0.25) is 0 Å². The van der Waals surface area contributed by atoms with Crippen molar-refractivity contribution >= 4 is 28.6 Å². The number of hydrogen-bond donors (Lipinski definition) is 2. The normalized spacial score (nSPS) is 10.2. The van der Waals surface area contributed by atoms with Crippen molar-refractivity contribution in [3.05, 3.63) is 36.0 Å². The molecular weight excluding hydrogens is 236 g/mol. The van der Waals surface area contributed by atoms with Crippen molar-refractivity contribution in [1.82, 2.24) is 10.3 Å². The number of carbonyl (C=O) groups excluding carboxylic acids is 3. The Kier molecular flexibility index (Phi) is 3.09. The number of aromatic nitrogens is 1. The van der Waals surface area contributed by atoms with Gasteiger partial charge in [0.25, 0.3) is 11.7 Å². The average Bonchev–Trinajstić information content (AvgIpc) is 2.78. The molecule has 0 aliphatic heterocycles. The SMILES string of the molecule is O=C([O-])CNC(=O)C(=O)c1c[nH]c2ccccc12. The molecular formula is C12H9N2O4-. The molecule has 0 saturated heterocycles. The van der Waals surface area contributed by atoms with Crippen LogP contribution in [0, 0.1) is 0 Å². The number of carboxylic acid groups (broad SMARTS) is 1. The molecule has 1 aromatic heterocycles. The lowest BCUT2D eigenvalue weighted by Crippen LogP contribution is -2.40. The largest absolute Gasteiger partial charge is 0.548 e. The minimum atomic E-state index is -1.45. The summed E-state index contributed by atoms with van der Waals surface area (Å²) in [7, 11) is 0. The first-order valence-electron chi connectivity index (χ1n) is 5.18. The molecule has 1 heterocycles. The lowest BCUT2D eigenvalue weighted by Gasteiger charge is -2.04. The molecule has 2 N–H and O–H groups in total. The highest BCUT2D eigenvalue weighted by molar-refractivity contribution is 6.45. The van der Waals surface area contributed by atoms with Gasteiger partial charge >= 0.3 is 0 Å². The van der Waals surface area contributed by atoms with Crippen molar-refractivity contribution in [3.63, 3.8) is 0 Å². The first-order chi connectivity index (χ1) is 8.59. The molecule has 0 aliphatic carbocycles. The predicted octanol–water partition coefficient (Wildman–Crippen LogP) is -0.783. The maximum atomic E-state index is 11.8. The first kappa shape index (κ1) is 11.8. The van der Waals surface area contributed by atoms with Gasteiger partial charge in [-0.15, -0.1) is 0 Å². The summed E-state index contributed by atoms with van der Waals surface area (Å²) in [5, 5.41) is 12.8. The Bertz CT molecular complexity index is 630. The number of aliphatic carboxylic acids is 1. The van der Waals surface area contributed by atoms with Crippen LogP contribution in [0.5, 0.6) is 0 Å². The Hall–Kier alpha value is -2.63. The van der Waals surface area contributed by atoms with E-state index in [-0.39, 0.29) is 5.56 Å². The van der Waals surface area contributed by atoms with Crippen LogP contribution in [0.1, 0.15) is 10.4 Å². The van der Waals surface area contributed by atoms with Crippen LogP contribution in [0.4, 0.5) is 0 Å². The van der Waals surface area contributed by atoms with Crippen LogP contribution in [0.15, 0.2) is 30.5 Å². The summed E-state index contributed by atoms with van der Waals surface area (Å²) in [4.78, 5) is 36.3. The monoisotopic (exact) mass is 245 g/mol. The van der Waals surface area contributed by atoms with Crippen LogP contribution in [0.3, 0.4) is 0 Å². The van der Waals surface area contributed by atoms with Crippen LogP contribution in [-0.2, 0) is 9.59 Å². The molecule has 0 fully saturated rings. The number of Topliss-reactive ketones (excluding diaryl/α,β-unsaturated/α-hetero) is 1. The fourth-order valence-corrected chi connectivity index (χ4v) is 1.61. The molecule has 0 atom stereocenters. The van der Waals surface area contributed by atoms with Gasteiger partial charge in [0.15, 0.2) is 0 Å². The van der Waals surface area contributed by atoms with E-state index in [1.165, 1.54) is 6.20 Å². The van der Waals surface area contributed by atoms with Crippen molar-refractivity contribution < 1.29 is 19.5 Å². The molecule has 0 unspecified atom stereocenters. The van der Waals surface area contributed by atoms with Crippen LogP contribution < -0.4 is 10.4 Å². The van der Waals surface area contributed by atoms with Gasteiger partial charge in [0.1, 0.15) is 0 Å². The number of H-pyrrole nitrogens is 1. The summed E-state index contributed by atoms with van der Waals surface area (Å²) in [5.41, 5.74) is 0.940. The zero-order valence-corrected chi connectivity index (χ0v) is 9.23. The van der Waals surface area contributed by atoms with Crippen molar-refractivity contribution in [2.75, 3.05) is 6.54 Å². The highest BCUT2D eigenvalue weighted by Crippen LogP contribution is 2.17. The van der Waals surface area contributed by atoms with E-state index in [1.54, 1.807) is 24.3 Å². The van der Waals surface area contributed by atoms with Crippen LogP contribution in [0.25, 0.3) is 10.9 Å². The zero-order valence-electron chi connectivity index (χ0n) is 9.23. The molecule has 18 heavy (non-hydrogen) atoms. The fraction of sp³-hybridized carbons (Fsp3) is 0.0833. The van der Waals surface area contributed by atoms with Gasteiger partial charge in [-0.2, -0.15) is 0 Å². The van der Waals surface area contributed by atoms with Crippen molar-refractivity contribution in [2.24, 2.45) is 0 Å². The van der Waals surface area contributed by atoms with Gasteiger partial charge in [0, 0.05) is 17.1 Å². The molecule has 0 spiro atoms. The van der Waals surface area contributed by atoms with Gasteiger partial charge < -0.3 is 20.2 Å². The summed E-state index contributed by atoms with van der Waals surface area (Å²) >= 11 is 0. The molecule has 1 aromatic carbocycles. The van der Waals surface area contributed by atoms with E-state index in [1.807, 2.05) is 5.32 Å². The van der Waals surface area contributed by atoms with Gasteiger partial charge in [-0.3, -0.25) is 9.59 Å². The smallest absolute Gasteiger partial charge is 0.292 e. The van der Waals surface area contributed by atoms with E-state index in [0.717, 1.165) is 5.52 Å². The van der Waals surface area contributed by atoms with Gasteiger partial charge in [-0.05, 0) is 6.07 Å². The minimum Gasteiger partial charge on any atom is -0.548 e. The quantitative estimate of drug-likeness (QED) is 0.544. The molecule has 0 saturated carbocycles. The number of aromatic amines is 1.